The number of amides is 2. The second-order valence-corrected chi connectivity index (χ2v) is 7.70. The van der Waals surface area contributed by atoms with E-state index in [0.29, 0.717) is 48.8 Å². The van der Waals surface area contributed by atoms with E-state index in [-0.39, 0.29) is 18.6 Å². The number of hydrogen-bond acceptors (Lipinski definition) is 5. The molecule has 7 heteroatoms. The zero-order valence-corrected chi connectivity index (χ0v) is 19.4. The van der Waals surface area contributed by atoms with Crippen molar-refractivity contribution < 1.29 is 19.1 Å². The van der Waals surface area contributed by atoms with Crippen LogP contribution >= 0.6 is 0 Å². The Labute approximate surface area is 184 Å². The number of ether oxygens (including phenoxy) is 2. The minimum atomic E-state index is -0.489. The van der Waals surface area contributed by atoms with Gasteiger partial charge in [-0.2, -0.15) is 0 Å². The number of allylic oxidation sites excluding steroid dienone is 2. The highest BCUT2D eigenvalue weighted by Gasteiger charge is 2.39. The fourth-order valence-corrected chi connectivity index (χ4v) is 4.35. The molecule has 2 aliphatic heterocycles. The van der Waals surface area contributed by atoms with Crippen LogP contribution in [0, 0.1) is 0 Å². The Balaban J connectivity index is 2.19. The van der Waals surface area contributed by atoms with Crippen LogP contribution in [0.2, 0.25) is 0 Å². The van der Waals surface area contributed by atoms with E-state index in [4.69, 9.17) is 9.47 Å². The molecule has 1 aromatic carbocycles. The lowest BCUT2D eigenvalue weighted by Gasteiger charge is -2.35. The number of likely N-dealkylation sites (N-methyl/N-ethyl adjacent to an activating group) is 2. The van der Waals surface area contributed by atoms with Crippen molar-refractivity contribution in [1.29, 1.82) is 0 Å². The summed E-state index contributed by atoms with van der Waals surface area (Å²) >= 11 is 0. The van der Waals surface area contributed by atoms with E-state index in [0.717, 1.165) is 17.0 Å². The van der Waals surface area contributed by atoms with Gasteiger partial charge >= 0.3 is 0 Å². The van der Waals surface area contributed by atoms with E-state index in [1.165, 1.54) is 0 Å². The first kappa shape index (κ1) is 22.7. The van der Waals surface area contributed by atoms with Gasteiger partial charge in [0.05, 0.1) is 0 Å². The zero-order valence-electron chi connectivity index (χ0n) is 19.4. The molecule has 168 valence electrons. The van der Waals surface area contributed by atoms with Crippen LogP contribution in [0.3, 0.4) is 0 Å². The first-order chi connectivity index (χ1) is 14.9. The fraction of sp³-hybridized carbons (Fsp3) is 0.500. The Morgan fingerprint density at radius 2 is 1.35 bits per heavy atom. The second-order valence-electron chi connectivity index (χ2n) is 7.70. The van der Waals surface area contributed by atoms with Gasteiger partial charge in [0.1, 0.15) is 0 Å². The van der Waals surface area contributed by atoms with Crippen LogP contribution in [0.5, 0.6) is 11.5 Å². The van der Waals surface area contributed by atoms with Gasteiger partial charge in [-0.15, -0.1) is 0 Å². The summed E-state index contributed by atoms with van der Waals surface area (Å²) in [5.74, 6) is 0.699. The van der Waals surface area contributed by atoms with Crippen molar-refractivity contribution in [2.75, 3.05) is 33.0 Å². The van der Waals surface area contributed by atoms with Gasteiger partial charge in [0.2, 0.25) is 6.79 Å². The van der Waals surface area contributed by atoms with Gasteiger partial charge in [0, 0.05) is 54.6 Å². The van der Waals surface area contributed by atoms with E-state index in [1.54, 1.807) is 9.80 Å². The monoisotopic (exact) mass is 427 g/mol. The van der Waals surface area contributed by atoms with Gasteiger partial charge in [-0.3, -0.25) is 9.59 Å². The van der Waals surface area contributed by atoms with Crippen LogP contribution in [-0.2, 0) is 9.59 Å². The molecule has 31 heavy (non-hydrogen) atoms. The minimum absolute atomic E-state index is 0.0602. The SMILES string of the molecule is CCN(CC)C(=O)C1=C(C)NC(C)=C(C(=O)N(CC)CC)C1c1ccc2c(c1)OCO2. The van der Waals surface area contributed by atoms with Gasteiger partial charge in [0.25, 0.3) is 11.8 Å². The van der Waals surface area contributed by atoms with Crippen molar-refractivity contribution >= 4 is 11.8 Å². The number of carbonyl (C=O) groups excluding carboxylic acids is 2. The first-order valence-electron chi connectivity index (χ1n) is 11.0. The van der Waals surface area contributed by atoms with Crippen molar-refractivity contribution in [2.45, 2.75) is 47.5 Å². The third kappa shape index (κ3) is 4.13. The molecule has 0 aliphatic carbocycles. The van der Waals surface area contributed by atoms with E-state index >= 15 is 0 Å². The highest BCUT2D eigenvalue weighted by molar-refractivity contribution is 6.03. The van der Waals surface area contributed by atoms with E-state index in [2.05, 4.69) is 5.32 Å². The molecule has 2 amide bonds. The molecule has 0 radical (unpaired) electrons. The molecule has 1 N–H and O–H groups in total. The van der Waals surface area contributed by atoms with Crippen LogP contribution in [0.1, 0.15) is 53.0 Å². The van der Waals surface area contributed by atoms with Crippen molar-refractivity contribution in [2.24, 2.45) is 0 Å². The molecule has 7 nitrogen and oxygen atoms in total. The average molecular weight is 428 g/mol. The summed E-state index contributed by atoms with van der Waals surface area (Å²) in [7, 11) is 0. The maximum Gasteiger partial charge on any atom is 0.252 e. The van der Waals surface area contributed by atoms with Crippen LogP contribution in [0.4, 0.5) is 0 Å². The van der Waals surface area contributed by atoms with Crippen molar-refractivity contribution in [3.05, 3.63) is 46.3 Å². The molecule has 0 saturated carbocycles. The van der Waals surface area contributed by atoms with Crippen molar-refractivity contribution in [3.63, 3.8) is 0 Å². The van der Waals surface area contributed by atoms with Crippen LogP contribution in [0.15, 0.2) is 40.7 Å². The molecule has 0 saturated heterocycles. The third-order valence-electron chi connectivity index (χ3n) is 6.05. The third-order valence-corrected chi connectivity index (χ3v) is 6.05. The number of hydrogen-bond donors (Lipinski definition) is 1. The summed E-state index contributed by atoms with van der Waals surface area (Å²) in [4.78, 5) is 30.8. The van der Waals surface area contributed by atoms with Crippen LogP contribution < -0.4 is 14.8 Å². The normalized spacial score (nSPS) is 15.8. The molecule has 1 aromatic rings. The van der Waals surface area contributed by atoms with E-state index < -0.39 is 5.92 Å². The number of benzene rings is 1. The van der Waals surface area contributed by atoms with Crippen molar-refractivity contribution in [3.8, 4) is 11.5 Å². The summed E-state index contributed by atoms with van der Waals surface area (Å²) in [5, 5.41) is 3.31. The number of nitrogens with zero attached hydrogens (tertiary/aromatic N) is 2. The van der Waals surface area contributed by atoms with Gasteiger partial charge in [-0.25, -0.2) is 0 Å². The fourth-order valence-electron chi connectivity index (χ4n) is 4.35. The number of carbonyl (C=O) groups is 2. The predicted octanol–water partition coefficient (Wildman–Crippen LogP) is 3.39. The molecule has 2 heterocycles. The summed E-state index contributed by atoms with van der Waals surface area (Å²) < 4.78 is 11.1. The van der Waals surface area contributed by atoms with Crippen LogP contribution in [0.25, 0.3) is 0 Å². The summed E-state index contributed by atoms with van der Waals surface area (Å²) in [6.07, 6.45) is 0. The molecule has 0 fully saturated rings. The Kier molecular flexibility index (Phi) is 6.93. The van der Waals surface area contributed by atoms with Gasteiger partial charge < -0.3 is 24.6 Å². The number of nitrogens with one attached hydrogen (secondary N) is 1. The number of fused-ring (bicyclic) bond motifs is 1. The second kappa shape index (κ2) is 9.45. The summed E-state index contributed by atoms with van der Waals surface area (Å²) in [5.41, 5.74) is 3.59. The lowest BCUT2D eigenvalue weighted by molar-refractivity contribution is -0.127. The molecule has 0 aromatic heterocycles. The molecule has 0 unspecified atom stereocenters. The molecule has 0 bridgehead atoms. The molecule has 0 atom stereocenters. The summed E-state index contributed by atoms with van der Waals surface area (Å²) in [6.45, 7) is 14.2. The number of rotatable bonds is 7. The average Bonchev–Trinajstić information content (AvgIpc) is 3.22. The topological polar surface area (TPSA) is 71.1 Å². The van der Waals surface area contributed by atoms with Gasteiger partial charge in [-0.05, 0) is 59.2 Å². The standard InChI is InChI=1S/C24H33N3O4/c1-7-26(8-2)23(28)20-15(5)25-16(6)21(24(29)27(9-3)10-4)22(20)17-11-12-18-19(13-17)31-14-30-18/h11-13,22,25H,7-10,14H2,1-6H3. The molecule has 2 aliphatic rings. The summed E-state index contributed by atoms with van der Waals surface area (Å²) in [6, 6.07) is 5.67. The maximum absolute atomic E-state index is 13.6. The highest BCUT2D eigenvalue weighted by atomic mass is 16.7. The Morgan fingerprint density at radius 1 is 0.871 bits per heavy atom. The molecule has 3 rings (SSSR count). The molecular weight excluding hydrogens is 394 g/mol. The highest BCUT2D eigenvalue weighted by Crippen LogP contribution is 2.43. The molecule has 0 spiro atoms. The largest absolute Gasteiger partial charge is 0.454 e. The number of dihydropyridines is 1. The minimum Gasteiger partial charge on any atom is -0.454 e. The Hall–Kier alpha value is -2.96. The predicted molar refractivity (Wildman–Crippen MR) is 120 cm³/mol. The first-order valence-corrected chi connectivity index (χ1v) is 11.0. The van der Waals surface area contributed by atoms with Gasteiger partial charge in [-0.1, -0.05) is 6.07 Å². The molecular formula is C24H33N3O4. The van der Waals surface area contributed by atoms with E-state index in [9.17, 15) is 9.59 Å². The van der Waals surface area contributed by atoms with E-state index in [1.807, 2.05) is 59.7 Å². The van der Waals surface area contributed by atoms with Crippen molar-refractivity contribution in [1.82, 2.24) is 15.1 Å². The maximum atomic E-state index is 13.6. The lowest BCUT2D eigenvalue weighted by atomic mass is 9.79. The zero-order chi connectivity index (χ0) is 22.7. The lowest BCUT2D eigenvalue weighted by Crippen LogP contribution is -2.42. The smallest absolute Gasteiger partial charge is 0.252 e. The quantitative estimate of drug-likeness (QED) is 0.722. The Morgan fingerprint density at radius 3 is 1.84 bits per heavy atom. The van der Waals surface area contributed by atoms with Crippen LogP contribution in [-0.4, -0.2) is 54.6 Å². The Bertz CT molecular complexity index is 881. The van der Waals surface area contributed by atoms with Gasteiger partial charge in [0.15, 0.2) is 11.5 Å².